The zero-order valence-corrected chi connectivity index (χ0v) is 22.5. The fourth-order valence-corrected chi connectivity index (χ4v) is 6.90. The highest BCUT2D eigenvalue weighted by Gasteiger charge is 2.36. The van der Waals surface area contributed by atoms with Crippen LogP contribution in [0.5, 0.6) is 0 Å². The molecule has 0 amide bonds. The summed E-state index contributed by atoms with van der Waals surface area (Å²) in [5.74, 6) is 0.770. The van der Waals surface area contributed by atoms with E-state index in [9.17, 15) is 8.78 Å². The lowest BCUT2D eigenvalue weighted by Crippen LogP contribution is -2.30. The largest absolute Gasteiger partial charge is 0.475 e. The van der Waals surface area contributed by atoms with E-state index in [1.807, 2.05) is 19.9 Å². The van der Waals surface area contributed by atoms with Crippen molar-refractivity contribution in [1.29, 1.82) is 0 Å². The molecule has 2 aromatic carbocycles. The van der Waals surface area contributed by atoms with Gasteiger partial charge in [0.15, 0.2) is 0 Å². The van der Waals surface area contributed by atoms with Gasteiger partial charge in [0.25, 0.3) is 0 Å². The van der Waals surface area contributed by atoms with Gasteiger partial charge in [-0.05, 0) is 98.9 Å². The van der Waals surface area contributed by atoms with Gasteiger partial charge in [0.2, 0.25) is 5.90 Å². The minimum absolute atomic E-state index is 0.0343. The van der Waals surface area contributed by atoms with Crippen molar-refractivity contribution in [3.05, 3.63) is 58.9 Å². The number of hydrogen-bond donors (Lipinski definition) is 0. The Bertz CT molecular complexity index is 1130. The maximum Gasteiger partial charge on any atom is 0.222 e. The lowest BCUT2D eigenvalue weighted by molar-refractivity contribution is 0.113. The Balaban J connectivity index is 1.28. The van der Waals surface area contributed by atoms with Gasteiger partial charge >= 0.3 is 0 Å². The molecule has 5 heteroatoms. The second-order valence-electron chi connectivity index (χ2n) is 12.3. The molecule has 0 radical (unpaired) electrons. The van der Waals surface area contributed by atoms with Crippen LogP contribution in [0.25, 0.3) is 11.1 Å². The highest BCUT2D eigenvalue weighted by Crippen LogP contribution is 2.48. The number of benzene rings is 2. The molecule has 2 nitrogen and oxygen atoms in total. The number of rotatable bonds is 7. The van der Waals surface area contributed by atoms with Crippen LogP contribution in [0.15, 0.2) is 35.3 Å². The van der Waals surface area contributed by atoms with Crippen molar-refractivity contribution in [3.63, 3.8) is 0 Å². The molecule has 200 valence electrons. The predicted molar refractivity (Wildman–Crippen MR) is 143 cm³/mol. The van der Waals surface area contributed by atoms with Gasteiger partial charge in [-0.1, -0.05) is 51.2 Å². The summed E-state index contributed by atoms with van der Waals surface area (Å²) >= 11 is 0. The number of unbranched alkanes of at least 4 members (excludes halogenated alkanes) is 2. The van der Waals surface area contributed by atoms with Crippen LogP contribution < -0.4 is 0 Å². The van der Waals surface area contributed by atoms with Crippen LogP contribution in [0.3, 0.4) is 0 Å². The van der Waals surface area contributed by atoms with Crippen molar-refractivity contribution in [3.8, 4) is 11.1 Å². The van der Waals surface area contributed by atoms with E-state index < -0.39 is 23.0 Å². The van der Waals surface area contributed by atoms with Gasteiger partial charge in [0.05, 0.1) is 5.54 Å². The van der Waals surface area contributed by atoms with Gasteiger partial charge in [0.1, 0.15) is 29.6 Å². The molecular weight excluding hydrogens is 471 g/mol. The van der Waals surface area contributed by atoms with Crippen molar-refractivity contribution < 1.29 is 17.9 Å². The van der Waals surface area contributed by atoms with Crippen molar-refractivity contribution in [2.75, 3.05) is 6.61 Å². The third-order valence-corrected chi connectivity index (χ3v) is 8.94. The van der Waals surface area contributed by atoms with E-state index in [4.69, 9.17) is 4.74 Å². The number of fused-ring (bicyclic) bond motifs is 1. The molecule has 2 aliphatic carbocycles. The Hall–Kier alpha value is -2.30. The molecular formula is C32H40F3NO. The quantitative estimate of drug-likeness (QED) is 0.340. The monoisotopic (exact) mass is 511 g/mol. The number of halogens is 3. The second kappa shape index (κ2) is 10.8. The summed E-state index contributed by atoms with van der Waals surface area (Å²) in [4.78, 5) is 4.29. The first kappa shape index (κ1) is 26.3. The first-order valence-electron chi connectivity index (χ1n) is 14.3. The highest BCUT2D eigenvalue weighted by molar-refractivity contribution is 5.96. The molecule has 1 heterocycles. The lowest BCUT2D eigenvalue weighted by atomic mass is 9.63. The van der Waals surface area contributed by atoms with E-state index in [1.165, 1.54) is 63.5 Å². The molecule has 0 spiro atoms. The van der Waals surface area contributed by atoms with Crippen LogP contribution in [0, 0.1) is 35.2 Å². The Morgan fingerprint density at radius 3 is 2.30 bits per heavy atom. The molecule has 2 aromatic rings. The standard InChI is InChI=1S/C32H40F3NO/c1-4-5-6-7-20-8-9-22-15-23(11-10-21(22)14-20)24-12-13-26(27(33)16-24)25-17-28(34)30(29(35)18-25)31-36-32(2,3)19-37-31/h12-13,16-18,20-23H,4-11,14-15,19H2,1-3H3. The lowest BCUT2D eigenvalue weighted by Gasteiger charge is -2.42. The first-order chi connectivity index (χ1) is 17.7. The summed E-state index contributed by atoms with van der Waals surface area (Å²) in [6.07, 6.45) is 12.8. The molecule has 0 aromatic heterocycles. The first-order valence-corrected chi connectivity index (χ1v) is 14.3. The molecule has 0 bridgehead atoms. The van der Waals surface area contributed by atoms with Crippen LogP contribution in [0.2, 0.25) is 0 Å². The van der Waals surface area contributed by atoms with Crippen LogP contribution >= 0.6 is 0 Å². The van der Waals surface area contributed by atoms with Crippen molar-refractivity contribution >= 4 is 5.90 Å². The molecule has 4 atom stereocenters. The Morgan fingerprint density at radius 1 is 0.892 bits per heavy atom. The Labute approximate surface area is 219 Å². The van der Waals surface area contributed by atoms with E-state index in [-0.39, 0.29) is 29.2 Å². The fourth-order valence-electron chi connectivity index (χ4n) is 6.90. The van der Waals surface area contributed by atoms with Crippen molar-refractivity contribution in [2.24, 2.45) is 22.7 Å². The number of hydrogen-bond acceptors (Lipinski definition) is 2. The van der Waals surface area contributed by atoms with E-state index in [0.29, 0.717) is 5.92 Å². The average Bonchev–Trinajstić information content (AvgIpc) is 3.22. The molecule has 4 unspecified atom stereocenters. The minimum Gasteiger partial charge on any atom is -0.475 e. The van der Waals surface area contributed by atoms with E-state index in [0.717, 1.165) is 36.2 Å². The van der Waals surface area contributed by atoms with Gasteiger partial charge in [-0.25, -0.2) is 18.2 Å². The van der Waals surface area contributed by atoms with E-state index in [1.54, 1.807) is 12.1 Å². The molecule has 2 saturated carbocycles. The van der Waals surface area contributed by atoms with Gasteiger partial charge < -0.3 is 4.74 Å². The number of ether oxygens (including phenoxy) is 1. The summed E-state index contributed by atoms with van der Waals surface area (Å²) in [6.45, 7) is 6.21. The molecule has 0 saturated heterocycles. The molecule has 1 aliphatic heterocycles. The summed E-state index contributed by atoms with van der Waals surface area (Å²) in [5, 5.41) is 0. The highest BCUT2D eigenvalue weighted by atomic mass is 19.1. The third kappa shape index (κ3) is 5.76. The zero-order chi connectivity index (χ0) is 26.2. The van der Waals surface area contributed by atoms with Gasteiger partial charge in [-0.2, -0.15) is 0 Å². The minimum atomic E-state index is -0.793. The van der Waals surface area contributed by atoms with E-state index in [2.05, 4.69) is 11.9 Å². The van der Waals surface area contributed by atoms with Gasteiger partial charge in [-0.3, -0.25) is 0 Å². The smallest absolute Gasteiger partial charge is 0.222 e. The Kier molecular flexibility index (Phi) is 7.70. The van der Waals surface area contributed by atoms with Crippen LogP contribution in [0.1, 0.15) is 102 Å². The van der Waals surface area contributed by atoms with Crippen LogP contribution in [0.4, 0.5) is 13.2 Å². The molecule has 0 N–H and O–H groups in total. The molecule has 37 heavy (non-hydrogen) atoms. The fraction of sp³-hybridized carbons (Fsp3) is 0.594. The zero-order valence-electron chi connectivity index (χ0n) is 22.5. The summed E-state index contributed by atoms with van der Waals surface area (Å²) in [7, 11) is 0. The number of nitrogens with zero attached hydrogens (tertiary/aromatic N) is 1. The predicted octanol–water partition coefficient (Wildman–Crippen LogP) is 9.21. The SMILES string of the molecule is CCCCCC1CCC2CC(c3ccc(-c4cc(F)c(C5=NC(C)(C)CO5)c(F)c4)c(F)c3)CCC2C1. The molecule has 3 aliphatic rings. The number of aliphatic imine (C=N–C) groups is 1. The maximum atomic E-state index is 15.3. The van der Waals surface area contributed by atoms with E-state index >= 15 is 4.39 Å². The third-order valence-electron chi connectivity index (χ3n) is 8.94. The van der Waals surface area contributed by atoms with Crippen LogP contribution in [-0.4, -0.2) is 18.0 Å². The summed E-state index contributed by atoms with van der Waals surface area (Å²) in [6, 6.07) is 7.58. The molecule has 2 fully saturated rings. The normalized spacial score (nSPS) is 26.9. The maximum absolute atomic E-state index is 15.3. The van der Waals surface area contributed by atoms with Crippen molar-refractivity contribution in [2.45, 2.75) is 96.4 Å². The summed E-state index contributed by atoms with van der Waals surface area (Å²) < 4.78 is 50.6. The van der Waals surface area contributed by atoms with Gasteiger partial charge in [0, 0.05) is 5.56 Å². The summed E-state index contributed by atoms with van der Waals surface area (Å²) in [5.41, 5.74) is 0.596. The van der Waals surface area contributed by atoms with Crippen LogP contribution in [-0.2, 0) is 4.74 Å². The van der Waals surface area contributed by atoms with Gasteiger partial charge in [-0.15, -0.1) is 0 Å². The Morgan fingerprint density at radius 2 is 1.62 bits per heavy atom. The average molecular weight is 512 g/mol. The second-order valence-corrected chi connectivity index (χ2v) is 12.3. The van der Waals surface area contributed by atoms with Crippen molar-refractivity contribution in [1.82, 2.24) is 0 Å². The topological polar surface area (TPSA) is 21.6 Å². The molecule has 5 rings (SSSR count).